The predicted molar refractivity (Wildman–Crippen MR) is 86.1 cm³/mol. The Morgan fingerprint density at radius 2 is 2.20 bits per heavy atom. The third-order valence-corrected chi connectivity index (χ3v) is 4.77. The molecular weight excluding hydrogens is 270 g/mol. The standard InChI is InChI=1S/C16H26ClN3/c1-3-20-10-6-7-13(20)12-19(2)16(11-18)14-8-4-5-9-15(14)17/h4-5,8-9,13,16H,3,6-7,10-12,18H2,1-2H3. The molecule has 2 rings (SSSR count). The molecule has 3 nitrogen and oxygen atoms in total. The normalized spacial score (nSPS) is 21.6. The highest BCUT2D eigenvalue weighted by Gasteiger charge is 2.27. The van der Waals surface area contributed by atoms with Gasteiger partial charge in [-0.1, -0.05) is 36.7 Å². The summed E-state index contributed by atoms with van der Waals surface area (Å²) in [7, 11) is 2.16. The van der Waals surface area contributed by atoms with Gasteiger partial charge in [-0.2, -0.15) is 0 Å². The van der Waals surface area contributed by atoms with Gasteiger partial charge in [-0.15, -0.1) is 0 Å². The van der Waals surface area contributed by atoms with Crippen LogP contribution in [0.15, 0.2) is 24.3 Å². The minimum atomic E-state index is 0.197. The molecule has 1 aromatic carbocycles. The van der Waals surface area contributed by atoms with Crippen molar-refractivity contribution in [2.45, 2.75) is 31.8 Å². The van der Waals surface area contributed by atoms with Crippen molar-refractivity contribution < 1.29 is 0 Å². The van der Waals surface area contributed by atoms with E-state index in [0.717, 1.165) is 23.7 Å². The molecule has 0 radical (unpaired) electrons. The minimum Gasteiger partial charge on any atom is -0.329 e. The number of nitrogens with zero attached hydrogens (tertiary/aromatic N) is 2. The molecule has 0 aliphatic carbocycles. The molecule has 4 heteroatoms. The highest BCUT2D eigenvalue weighted by Crippen LogP contribution is 2.27. The highest BCUT2D eigenvalue weighted by molar-refractivity contribution is 6.31. The molecule has 0 spiro atoms. The number of benzene rings is 1. The van der Waals surface area contributed by atoms with Gasteiger partial charge >= 0.3 is 0 Å². The van der Waals surface area contributed by atoms with Gasteiger partial charge in [0.15, 0.2) is 0 Å². The van der Waals surface area contributed by atoms with E-state index in [2.05, 4.69) is 29.8 Å². The van der Waals surface area contributed by atoms with Gasteiger partial charge in [0.05, 0.1) is 0 Å². The minimum absolute atomic E-state index is 0.197. The van der Waals surface area contributed by atoms with Crippen molar-refractivity contribution in [2.75, 3.05) is 33.2 Å². The monoisotopic (exact) mass is 295 g/mol. The van der Waals surface area contributed by atoms with Gasteiger partial charge in [0.1, 0.15) is 0 Å². The maximum Gasteiger partial charge on any atom is 0.0482 e. The summed E-state index contributed by atoms with van der Waals surface area (Å²) in [6.45, 7) is 6.26. The summed E-state index contributed by atoms with van der Waals surface area (Å²) in [6, 6.07) is 8.88. The predicted octanol–water partition coefficient (Wildman–Crippen LogP) is 2.76. The second-order valence-electron chi connectivity index (χ2n) is 5.64. The first-order chi connectivity index (χ1) is 9.67. The van der Waals surface area contributed by atoms with Crippen LogP contribution in [-0.4, -0.2) is 49.1 Å². The van der Waals surface area contributed by atoms with Gasteiger partial charge < -0.3 is 5.73 Å². The highest BCUT2D eigenvalue weighted by atomic mass is 35.5. The molecule has 1 fully saturated rings. The van der Waals surface area contributed by atoms with E-state index in [9.17, 15) is 0 Å². The maximum absolute atomic E-state index is 6.32. The zero-order valence-corrected chi connectivity index (χ0v) is 13.3. The molecule has 1 aliphatic heterocycles. The van der Waals surface area contributed by atoms with Gasteiger partial charge in [-0.05, 0) is 44.6 Å². The average Bonchev–Trinajstić information content (AvgIpc) is 2.89. The first kappa shape index (κ1) is 15.8. The summed E-state index contributed by atoms with van der Waals surface area (Å²) >= 11 is 6.32. The Morgan fingerprint density at radius 3 is 2.85 bits per heavy atom. The molecule has 2 atom stereocenters. The average molecular weight is 296 g/mol. The van der Waals surface area contributed by atoms with Crippen LogP contribution in [0.4, 0.5) is 0 Å². The summed E-state index contributed by atoms with van der Waals surface area (Å²) < 4.78 is 0. The maximum atomic E-state index is 6.32. The van der Waals surface area contributed by atoms with Gasteiger partial charge in [-0.25, -0.2) is 0 Å². The van der Waals surface area contributed by atoms with Crippen LogP contribution < -0.4 is 5.73 Å². The molecule has 0 aromatic heterocycles. The largest absolute Gasteiger partial charge is 0.329 e. The van der Waals surface area contributed by atoms with E-state index in [-0.39, 0.29) is 6.04 Å². The number of rotatable bonds is 6. The summed E-state index contributed by atoms with van der Waals surface area (Å²) in [6.07, 6.45) is 2.60. The van der Waals surface area contributed by atoms with Crippen molar-refractivity contribution in [1.29, 1.82) is 0 Å². The number of likely N-dealkylation sites (tertiary alicyclic amines) is 1. The van der Waals surface area contributed by atoms with Crippen molar-refractivity contribution in [3.05, 3.63) is 34.9 Å². The van der Waals surface area contributed by atoms with E-state index in [1.165, 1.54) is 19.4 Å². The number of likely N-dealkylation sites (N-methyl/N-ethyl adjacent to an activating group) is 2. The Kier molecular flexibility index (Phi) is 5.85. The van der Waals surface area contributed by atoms with Crippen LogP contribution in [0.5, 0.6) is 0 Å². The molecule has 0 amide bonds. The van der Waals surface area contributed by atoms with E-state index in [1.807, 2.05) is 18.2 Å². The lowest BCUT2D eigenvalue weighted by Gasteiger charge is -2.33. The van der Waals surface area contributed by atoms with Crippen molar-refractivity contribution in [3.8, 4) is 0 Å². The van der Waals surface area contributed by atoms with Crippen molar-refractivity contribution in [1.82, 2.24) is 9.80 Å². The van der Waals surface area contributed by atoms with Gasteiger partial charge in [0.25, 0.3) is 0 Å². The first-order valence-corrected chi connectivity index (χ1v) is 7.94. The lowest BCUT2D eigenvalue weighted by Crippen LogP contribution is -2.41. The smallest absolute Gasteiger partial charge is 0.0482 e. The molecule has 0 saturated carbocycles. The molecule has 20 heavy (non-hydrogen) atoms. The second kappa shape index (κ2) is 7.41. The Hall–Kier alpha value is -0.610. The van der Waals surface area contributed by atoms with Crippen LogP contribution in [0.25, 0.3) is 0 Å². The topological polar surface area (TPSA) is 32.5 Å². The van der Waals surface area contributed by atoms with Gasteiger partial charge in [-0.3, -0.25) is 9.80 Å². The fraction of sp³-hybridized carbons (Fsp3) is 0.625. The molecular formula is C16H26ClN3. The summed E-state index contributed by atoms with van der Waals surface area (Å²) in [5, 5.41) is 0.813. The first-order valence-electron chi connectivity index (χ1n) is 7.56. The van der Waals surface area contributed by atoms with Gasteiger partial charge in [0.2, 0.25) is 0 Å². The quantitative estimate of drug-likeness (QED) is 0.876. The van der Waals surface area contributed by atoms with Crippen LogP contribution in [0, 0.1) is 0 Å². The van der Waals surface area contributed by atoms with E-state index in [0.29, 0.717) is 12.6 Å². The molecule has 1 heterocycles. The van der Waals surface area contributed by atoms with E-state index in [4.69, 9.17) is 17.3 Å². The third-order valence-electron chi connectivity index (χ3n) is 4.42. The number of nitrogens with two attached hydrogens (primary N) is 1. The summed E-state index contributed by atoms with van der Waals surface area (Å²) in [5.74, 6) is 0. The number of halogens is 1. The molecule has 112 valence electrons. The number of hydrogen-bond donors (Lipinski definition) is 1. The second-order valence-corrected chi connectivity index (χ2v) is 6.04. The zero-order chi connectivity index (χ0) is 14.5. The van der Waals surface area contributed by atoms with Crippen LogP contribution in [0.2, 0.25) is 5.02 Å². The van der Waals surface area contributed by atoms with Crippen LogP contribution in [0.1, 0.15) is 31.4 Å². The fourth-order valence-electron chi connectivity index (χ4n) is 3.27. The molecule has 2 N–H and O–H groups in total. The molecule has 2 unspecified atom stereocenters. The van der Waals surface area contributed by atoms with Crippen molar-refractivity contribution in [2.24, 2.45) is 5.73 Å². The lowest BCUT2D eigenvalue weighted by molar-refractivity contribution is 0.166. The summed E-state index contributed by atoms with van der Waals surface area (Å²) in [5.41, 5.74) is 7.14. The Labute approximate surface area is 127 Å². The van der Waals surface area contributed by atoms with Crippen molar-refractivity contribution in [3.63, 3.8) is 0 Å². The Bertz CT molecular complexity index is 424. The Morgan fingerprint density at radius 1 is 1.45 bits per heavy atom. The van der Waals surface area contributed by atoms with E-state index < -0.39 is 0 Å². The zero-order valence-electron chi connectivity index (χ0n) is 12.6. The van der Waals surface area contributed by atoms with Gasteiger partial charge in [0, 0.05) is 30.2 Å². The molecule has 1 aromatic rings. The third kappa shape index (κ3) is 3.53. The van der Waals surface area contributed by atoms with Crippen LogP contribution >= 0.6 is 11.6 Å². The summed E-state index contributed by atoms with van der Waals surface area (Å²) in [4.78, 5) is 4.93. The Balaban J connectivity index is 2.06. The lowest BCUT2D eigenvalue weighted by atomic mass is 10.0. The number of hydrogen-bond acceptors (Lipinski definition) is 3. The van der Waals surface area contributed by atoms with Crippen LogP contribution in [-0.2, 0) is 0 Å². The molecule has 1 aliphatic rings. The molecule has 1 saturated heterocycles. The van der Waals surface area contributed by atoms with E-state index in [1.54, 1.807) is 0 Å². The fourth-order valence-corrected chi connectivity index (χ4v) is 3.53. The van der Waals surface area contributed by atoms with Crippen molar-refractivity contribution >= 4 is 11.6 Å². The SMILES string of the molecule is CCN1CCCC1CN(C)C(CN)c1ccccc1Cl. The van der Waals surface area contributed by atoms with E-state index >= 15 is 0 Å². The van der Waals surface area contributed by atoms with Crippen LogP contribution in [0.3, 0.4) is 0 Å². The molecule has 0 bridgehead atoms.